The first-order chi connectivity index (χ1) is 19.1. The third-order valence-electron chi connectivity index (χ3n) is 11.4. The third kappa shape index (κ3) is 4.95. The van der Waals surface area contributed by atoms with Gasteiger partial charge in [0.15, 0.2) is 0 Å². The van der Waals surface area contributed by atoms with Crippen molar-refractivity contribution in [3.8, 4) is 0 Å². The van der Waals surface area contributed by atoms with Crippen molar-refractivity contribution >= 4 is 23.4 Å². The van der Waals surface area contributed by atoms with E-state index in [2.05, 4.69) is 10.6 Å². The van der Waals surface area contributed by atoms with Crippen LogP contribution in [0.2, 0.25) is 0 Å². The summed E-state index contributed by atoms with van der Waals surface area (Å²) in [5.41, 5.74) is -2.53. The molecule has 4 N–H and O–H groups in total. The number of hydrogen-bond donors (Lipinski definition) is 4. The topological polar surface area (TPSA) is 133 Å². The fraction of sp³-hybridized carbons (Fsp3) is 0.697. The Morgan fingerprint density at radius 2 is 1.10 bits per heavy atom. The second kappa shape index (κ2) is 9.21. The minimum Gasteiger partial charge on any atom is -0.390 e. The number of amides is 2. The molecule has 0 saturated heterocycles. The van der Waals surface area contributed by atoms with Gasteiger partial charge in [-0.3, -0.25) is 19.2 Å². The standard InChI is InChI=1S/C19H23NO3.C14H21NO3/c1-13(21)17-7-14-8-18(10-17,12-19(23,9-14)11-17)20-16(22)15-5-3-2-4-6-15;1-9(16)12-3-11-4-13(6-12,15-10(2)17)8-14(18,5-11)7-12/h2-6,14,23H,7-12H2,1H3,(H,20,22);11,18H,3-8H2,1-2H3,(H,15,17). The average molecular weight is 565 g/mol. The Labute approximate surface area is 242 Å². The summed E-state index contributed by atoms with van der Waals surface area (Å²) in [6, 6.07) is 9.17. The maximum absolute atomic E-state index is 12.6. The summed E-state index contributed by atoms with van der Waals surface area (Å²) >= 11 is 0. The average Bonchev–Trinajstić information content (AvgIpc) is 2.80. The summed E-state index contributed by atoms with van der Waals surface area (Å²) in [6.07, 6.45) is 8.86. The second-order valence-electron chi connectivity index (χ2n) is 15.2. The lowest BCUT2D eigenvalue weighted by molar-refractivity contribution is -0.186. The van der Waals surface area contributed by atoms with Gasteiger partial charge in [-0.05, 0) is 115 Å². The van der Waals surface area contributed by atoms with Gasteiger partial charge in [0.05, 0.1) is 11.2 Å². The number of rotatable bonds is 5. The van der Waals surface area contributed by atoms with E-state index < -0.39 is 27.6 Å². The van der Waals surface area contributed by atoms with Crippen molar-refractivity contribution in [2.24, 2.45) is 22.7 Å². The molecule has 8 fully saturated rings. The van der Waals surface area contributed by atoms with Gasteiger partial charge in [-0.15, -0.1) is 0 Å². The van der Waals surface area contributed by atoms with Crippen molar-refractivity contribution in [1.29, 1.82) is 0 Å². The normalized spacial score (nSPS) is 44.5. The first-order valence-corrected chi connectivity index (χ1v) is 15.2. The van der Waals surface area contributed by atoms with E-state index in [1.54, 1.807) is 26.0 Å². The van der Waals surface area contributed by atoms with E-state index in [1.807, 2.05) is 18.2 Å². The molecule has 1 aromatic rings. The summed E-state index contributed by atoms with van der Waals surface area (Å²) in [4.78, 5) is 48.4. The van der Waals surface area contributed by atoms with Gasteiger partial charge in [-0.1, -0.05) is 18.2 Å². The zero-order valence-electron chi connectivity index (χ0n) is 24.6. The zero-order valence-corrected chi connectivity index (χ0v) is 24.6. The number of carbonyl (C=O) groups is 4. The molecule has 222 valence electrons. The Morgan fingerprint density at radius 3 is 1.51 bits per heavy atom. The molecule has 8 aliphatic rings. The van der Waals surface area contributed by atoms with Crippen LogP contribution in [0.3, 0.4) is 0 Å². The molecule has 0 radical (unpaired) electrons. The number of ketones is 2. The largest absolute Gasteiger partial charge is 0.390 e. The minimum absolute atomic E-state index is 0.0562. The lowest BCUT2D eigenvalue weighted by Gasteiger charge is -2.64. The van der Waals surface area contributed by atoms with Crippen LogP contribution in [0.5, 0.6) is 0 Å². The smallest absolute Gasteiger partial charge is 0.251 e. The van der Waals surface area contributed by atoms with Crippen molar-refractivity contribution in [1.82, 2.24) is 10.6 Å². The monoisotopic (exact) mass is 564 g/mol. The summed E-state index contributed by atoms with van der Waals surface area (Å²) in [7, 11) is 0. The van der Waals surface area contributed by atoms with Crippen molar-refractivity contribution in [2.75, 3.05) is 0 Å². The van der Waals surface area contributed by atoms with Crippen LogP contribution in [0.1, 0.15) is 108 Å². The van der Waals surface area contributed by atoms with Gasteiger partial charge >= 0.3 is 0 Å². The van der Waals surface area contributed by atoms with Gasteiger partial charge in [-0.25, -0.2) is 0 Å². The molecule has 0 heterocycles. The Morgan fingerprint density at radius 1 is 0.634 bits per heavy atom. The number of nitrogens with one attached hydrogen (secondary N) is 2. The van der Waals surface area contributed by atoms with Crippen molar-refractivity contribution in [3.63, 3.8) is 0 Å². The quantitative estimate of drug-likeness (QED) is 0.432. The van der Waals surface area contributed by atoms with Crippen molar-refractivity contribution in [3.05, 3.63) is 35.9 Å². The third-order valence-corrected chi connectivity index (χ3v) is 11.4. The molecule has 0 spiro atoms. The SMILES string of the molecule is CC(=O)C12CC3CC(O)(CC(NC(=O)c4ccccc4)(C3)C1)C2.CC(=O)NC12CC3CC(O)(C1)CC(C(C)=O)(C3)C2. The number of aliphatic hydroxyl groups is 2. The van der Waals surface area contributed by atoms with Crippen LogP contribution >= 0.6 is 0 Å². The molecule has 9 rings (SSSR count). The number of hydrogen-bond acceptors (Lipinski definition) is 6. The predicted molar refractivity (Wildman–Crippen MR) is 152 cm³/mol. The van der Waals surface area contributed by atoms with E-state index in [9.17, 15) is 29.4 Å². The van der Waals surface area contributed by atoms with E-state index in [0.29, 0.717) is 55.9 Å². The highest BCUT2D eigenvalue weighted by molar-refractivity contribution is 5.95. The molecule has 1 aromatic carbocycles. The molecular weight excluding hydrogens is 520 g/mol. The molecule has 0 aromatic heterocycles. The van der Waals surface area contributed by atoms with Gasteiger partial charge in [0, 0.05) is 34.4 Å². The van der Waals surface area contributed by atoms with Crippen LogP contribution in [0, 0.1) is 22.7 Å². The Bertz CT molecular complexity index is 1300. The molecule has 2 amide bonds. The highest BCUT2D eigenvalue weighted by Gasteiger charge is 2.66. The van der Waals surface area contributed by atoms with E-state index in [4.69, 9.17) is 0 Å². The van der Waals surface area contributed by atoms with Crippen molar-refractivity contribution in [2.45, 2.75) is 120 Å². The van der Waals surface area contributed by atoms with Crippen LogP contribution in [0.4, 0.5) is 0 Å². The Kier molecular flexibility index (Phi) is 6.41. The van der Waals surface area contributed by atoms with Gasteiger partial charge in [0.25, 0.3) is 5.91 Å². The Hall–Kier alpha value is -2.58. The Balaban J connectivity index is 0.000000152. The molecule has 8 bridgehead atoms. The van der Waals surface area contributed by atoms with Crippen LogP contribution in [-0.2, 0) is 14.4 Å². The van der Waals surface area contributed by atoms with E-state index in [0.717, 1.165) is 38.5 Å². The van der Waals surface area contributed by atoms with Crippen LogP contribution < -0.4 is 10.6 Å². The molecule has 8 unspecified atom stereocenters. The molecule has 0 aliphatic heterocycles. The van der Waals surface area contributed by atoms with Crippen LogP contribution in [-0.4, -0.2) is 55.9 Å². The zero-order chi connectivity index (χ0) is 29.5. The van der Waals surface area contributed by atoms with Gasteiger partial charge in [0.2, 0.25) is 5.91 Å². The highest BCUT2D eigenvalue weighted by atomic mass is 16.3. The molecule has 8 saturated carbocycles. The maximum Gasteiger partial charge on any atom is 0.251 e. The highest BCUT2D eigenvalue weighted by Crippen LogP contribution is 2.64. The molecular formula is C33H44N2O6. The molecule has 8 atom stereocenters. The molecule has 41 heavy (non-hydrogen) atoms. The molecule has 8 nitrogen and oxygen atoms in total. The minimum atomic E-state index is -0.797. The second-order valence-corrected chi connectivity index (χ2v) is 15.2. The van der Waals surface area contributed by atoms with Gasteiger partial charge < -0.3 is 20.8 Å². The van der Waals surface area contributed by atoms with E-state index in [-0.39, 0.29) is 28.9 Å². The lowest BCUT2D eigenvalue weighted by atomic mass is 9.44. The van der Waals surface area contributed by atoms with E-state index >= 15 is 0 Å². The summed E-state index contributed by atoms with van der Waals surface area (Å²) in [6.45, 7) is 4.80. The van der Waals surface area contributed by atoms with Gasteiger partial charge in [0.1, 0.15) is 11.6 Å². The first-order valence-electron chi connectivity index (χ1n) is 15.2. The molecule has 8 heteroatoms. The molecule has 8 aliphatic carbocycles. The van der Waals surface area contributed by atoms with Crippen molar-refractivity contribution < 1.29 is 29.4 Å². The number of benzene rings is 1. The van der Waals surface area contributed by atoms with Crippen LogP contribution in [0.25, 0.3) is 0 Å². The summed E-state index contributed by atoms with van der Waals surface area (Å²) < 4.78 is 0. The first kappa shape index (κ1) is 28.5. The number of Topliss-reactive ketones (excluding diaryl/α,β-unsaturated/α-hetero) is 2. The summed E-state index contributed by atoms with van der Waals surface area (Å²) in [5.74, 6) is 0.894. The van der Waals surface area contributed by atoms with E-state index in [1.165, 1.54) is 6.92 Å². The number of carbonyl (C=O) groups excluding carboxylic acids is 4. The van der Waals surface area contributed by atoms with Gasteiger partial charge in [-0.2, -0.15) is 0 Å². The summed E-state index contributed by atoms with van der Waals surface area (Å²) in [5, 5.41) is 27.9. The predicted octanol–water partition coefficient (Wildman–Crippen LogP) is 3.62. The van der Waals surface area contributed by atoms with Crippen LogP contribution in [0.15, 0.2) is 30.3 Å². The fourth-order valence-electron chi connectivity index (χ4n) is 11.1. The maximum atomic E-state index is 12.6. The lowest BCUT2D eigenvalue weighted by Crippen LogP contribution is -2.69. The fourth-order valence-corrected chi connectivity index (χ4v) is 11.1.